The van der Waals surface area contributed by atoms with Crippen LogP contribution in [0.1, 0.15) is 18.2 Å². The van der Waals surface area contributed by atoms with Gasteiger partial charge in [0.2, 0.25) is 0 Å². The van der Waals surface area contributed by atoms with E-state index >= 15 is 0 Å². The average molecular weight is 379 g/mol. The first kappa shape index (κ1) is 17.4. The van der Waals surface area contributed by atoms with E-state index < -0.39 is 0 Å². The summed E-state index contributed by atoms with van der Waals surface area (Å²) in [5.74, 6) is 0.0390. The number of rotatable bonds is 5. The van der Waals surface area contributed by atoms with Gasteiger partial charge in [0, 0.05) is 16.0 Å². The summed E-state index contributed by atoms with van der Waals surface area (Å²) in [5.41, 5.74) is 1.78. The number of esters is 1. The van der Waals surface area contributed by atoms with Gasteiger partial charge in [-0.05, 0) is 31.2 Å². The molecular weight excluding hydrogens is 364 g/mol. The maximum atomic E-state index is 12.4. The number of hydrogen-bond donors (Lipinski definition) is 1. The molecule has 0 saturated heterocycles. The lowest BCUT2D eigenvalue weighted by Crippen LogP contribution is -2.21. The topological polar surface area (TPSA) is 77.5 Å². The van der Waals surface area contributed by atoms with Crippen LogP contribution < -0.4 is 10.1 Å². The third kappa shape index (κ3) is 4.37. The molecule has 0 aliphatic carbocycles. The number of ether oxygens (including phenoxy) is 2. The molecule has 8 heteroatoms. The van der Waals surface area contributed by atoms with Crippen molar-refractivity contribution in [1.29, 1.82) is 0 Å². The molecule has 1 amide bonds. The first-order valence-electron chi connectivity index (χ1n) is 7.59. The van der Waals surface area contributed by atoms with E-state index in [1.54, 1.807) is 36.6 Å². The summed E-state index contributed by atoms with van der Waals surface area (Å²) in [7, 11) is 0. The molecule has 0 radical (unpaired) electrons. The van der Waals surface area contributed by atoms with Gasteiger partial charge in [-0.1, -0.05) is 11.6 Å². The number of anilines is 1. The van der Waals surface area contributed by atoms with Crippen molar-refractivity contribution in [2.45, 2.75) is 13.3 Å². The molecule has 0 spiro atoms. The number of halogens is 1. The first-order chi connectivity index (χ1) is 12.0. The van der Waals surface area contributed by atoms with Crippen LogP contribution >= 0.6 is 22.9 Å². The molecule has 3 rings (SSSR count). The number of thiazole rings is 1. The second-order valence-corrected chi connectivity index (χ2v) is 6.51. The molecule has 6 nitrogen and oxygen atoms in total. The Morgan fingerprint density at radius 3 is 3.08 bits per heavy atom. The number of nitrogens with one attached hydrogen (secondary N) is 1. The Morgan fingerprint density at radius 2 is 2.28 bits per heavy atom. The SMILES string of the molecule is CCOC(=O)Cc1csc(NC(=O)C2=Cc3cc(Cl)ccc3OC2)n1. The number of carbonyl (C=O) groups is 2. The highest BCUT2D eigenvalue weighted by atomic mass is 35.5. The highest BCUT2D eigenvalue weighted by Crippen LogP contribution is 2.29. The van der Waals surface area contributed by atoms with Gasteiger partial charge in [0.25, 0.3) is 5.91 Å². The Morgan fingerprint density at radius 1 is 1.44 bits per heavy atom. The molecule has 130 valence electrons. The zero-order chi connectivity index (χ0) is 17.8. The molecule has 2 heterocycles. The second-order valence-electron chi connectivity index (χ2n) is 5.22. The zero-order valence-electron chi connectivity index (χ0n) is 13.4. The monoisotopic (exact) mass is 378 g/mol. The Hall–Kier alpha value is -2.38. The van der Waals surface area contributed by atoms with Crippen molar-refractivity contribution in [2.24, 2.45) is 0 Å². The molecule has 1 aliphatic heterocycles. The van der Waals surface area contributed by atoms with Crippen molar-refractivity contribution in [2.75, 3.05) is 18.5 Å². The summed E-state index contributed by atoms with van der Waals surface area (Å²) < 4.78 is 10.4. The fourth-order valence-electron chi connectivity index (χ4n) is 2.26. The fourth-order valence-corrected chi connectivity index (χ4v) is 3.15. The van der Waals surface area contributed by atoms with E-state index in [0.717, 1.165) is 5.56 Å². The molecule has 1 aliphatic rings. The molecule has 0 atom stereocenters. The molecule has 25 heavy (non-hydrogen) atoms. The molecule has 0 unspecified atom stereocenters. The van der Waals surface area contributed by atoms with Crippen LogP contribution in [0.3, 0.4) is 0 Å². The second kappa shape index (κ2) is 7.67. The van der Waals surface area contributed by atoms with Gasteiger partial charge >= 0.3 is 5.97 Å². The van der Waals surface area contributed by atoms with Crippen LogP contribution in [-0.4, -0.2) is 30.1 Å². The van der Waals surface area contributed by atoms with Crippen molar-refractivity contribution < 1.29 is 19.1 Å². The van der Waals surface area contributed by atoms with Crippen LogP contribution in [0.25, 0.3) is 6.08 Å². The third-order valence-corrected chi connectivity index (χ3v) is 4.42. The summed E-state index contributed by atoms with van der Waals surface area (Å²) in [5, 5.41) is 5.42. The van der Waals surface area contributed by atoms with E-state index in [1.807, 2.05) is 0 Å². The Bertz CT molecular complexity index is 847. The van der Waals surface area contributed by atoms with E-state index in [1.165, 1.54) is 11.3 Å². The van der Waals surface area contributed by atoms with Gasteiger partial charge in [0.15, 0.2) is 5.13 Å². The third-order valence-electron chi connectivity index (χ3n) is 3.38. The van der Waals surface area contributed by atoms with Gasteiger partial charge in [-0.15, -0.1) is 11.3 Å². The number of fused-ring (bicyclic) bond motifs is 1. The molecule has 0 bridgehead atoms. The van der Waals surface area contributed by atoms with E-state index in [2.05, 4.69) is 10.3 Å². The minimum Gasteiger partial charge on any atom is -0.488 e. The van der Waals surface area contributed by atoms with Crippen LogP contribution in [0.5, 0.6) is 5.75 Å². The normalized spacial score (nSPS) is 12.6. The van der Waals surface area contributed by atoms with Gasteiger partial charge in [-0.3, -0.25) is 14.9 Å². The van der Waals surface area contributed by atoms with Gasteiger partial charge in [0.1, 0.15) is 12.4 Å². The number of amides is 1. The predicted molar refractivity (Wildman–Crippen MR) is 96.0 cm³/mol. The van der Waals surface area contributed by atoms with E-state index in [9.17, 15) is 9.59 Å². The fraction of sp³-hybridized carbons (Fsp3) is 0.235. The molecular formula is C17H15ClN2O4S. The van der Waals surface area contributed by atoms with E-state index in [4.69, 9.17) is 21.1 Å². The lowest BCUT2D eigenvalue weighted by atomic mass is 10.1. The van der Waals surface area contributed by atoms with Crippen molar-refractivity contribution in [3.63, 3.8) is 0 Å². The minimum absolute atomic E-state index is 0.0812. The van der Waals surface area contributed by atoms with Crippen molar-refractivity contribution in [3.05, 3.63) is 45.4 Å². The number of nitrogens with zero attached hydrogens (tertiary/aromatic N) is 1. The van der Waals surface area contributed by atoms with Crippen molar-refractivity contribution >= 4 is 46.0 Å². The maximum absolute atomic E-state index is 12.4. The Kier molecular flexibility index (Phi) is 5.35. The van der Waals surface area contributed by atoms with Crippen LogP contribution in [0.2, 0.25) is 5.02 Å². The first-order valence-corrected chi connectivity index (χ1v) is 8.85. The van der Waals surface area contributed by atoms with E-state index in [0.29, 0.717) is 33.8 Å². The number of hydrogen-bond acceptors (Lipinski definition) is 6. The number of carbonyl (C=O) groups excluding carboxylic acids is 2. The Balaban J connectivity index is 1.67. The lowest BCUT2D eigenvalue weighted by molar-refractivity contribution is -0.142. The highest BCUT2D eigenvalue weighted by molar-refractivity contribution is 7.14. The lowest BCUT2D eigenvalue weighted by Gasteiger charge is -2.17. The highest BCUT2D eigenvalue weighted by Gasteiger charge is 2.19. The molecule has 1 aromatic heterocycles. The molecule has 1 N–H and O–H groups in total. The number of aromatic nitrogens is 1. The van der Waals surface area contributed by atoms with Crippen molar-refractivity contribution in [3.8, 4) is 5.75 Å². The van der Waals surface area contributed by atoms with Crippen LogP contribution in [0.15, 0.2) is 29.2 Å². The summed E-state index contributed by atoms with van der Waals surface area (Å²) in [6, 6.07) is 5.25. The van der Waals surface area contributed by atoms with Crippen LogP contribution in [0.4, 0.5) is 5.13 Å². The minimum atomic E-state index is -0.345. The zero-order valence-corrected chi connectivity index (χ0v) is 14.9. The van der Waals surface area contributed by atoms with Crippen LogP contribution in [-0.2, 0) is 20.7 Å². The molecule has 0 fully saturated rings. The quantitative estimate of drug-likeness (QED) is 0.807. The standard InChI is InChI=1S/C17H15ClN2O4S/c1-2-23-15(21)7-13-9-25-17(19-13)20-16(22)11-5-10-6-12(18)3-4-14(10)24-8-11/h3-6,9H,2,7-8H2,1H3,(H,19,20,22). The molecule has 0 saturated carbocycles. The smallest absolute Gasteiger partial charge is 0.311 e. The maximum Gasteiger partial charge on any atom is 0.311 e. The molecule has 2 aromatic rings. The Labute approximate surface area is 153 Å². The number of benzene rings is 1. The summed E-state index contributed by atoms with van der Waals surface area (Å²) >= 11 is 7.22. The average Bonchev–Trinajstić information content (AvgIpc) is 3.01. The van der Waals surface area contributed by atoms with E-state index in [-0.39, 0.29) is 24.9 Å². The van der Waals surface area contributed by atoms with Gasteiger partial charge in [0.05, 0.1) is 24.3 Å². The van der Waals surface area contributed by atoms with Gasteiger partial charge in [-0.2, -0.15) is 0 Å². The summed E-state index contributed by atoms with van der Waals surface area (Å²) in [6.07, 6.45) is 1.82. The van der Waals surface area contributed by atoms with Crippen molar-refractivity contribution in [1.82, 2.24) is 4.98 Å². The van der Waals surface area contributed by atoms with Gasteiger partial charge < -0.3 is 9.47 Å². The predicted octanol–water partition coefficient (Wildman–Crippen LogP) is 3.32. The van der Waals surface area contributed by atoms with Gasteiger partial charge in [-0.25, -0.2) is 4.98 Å². The van der Waals surface area contributed by atoms with Crippen LogP contribution in [0, 0.1) is 0 Å². The molecule has 1 aromatic carbocycles. The summed E-state index contributed by atoms with van der Waals surface area (Å²) in [6.45, 7) is 2.24. The summed E-state index contributed by atoms with van der Waals surface area (Å²) in [4.78, 5) is 28.1. The largest absolute Gasteiger partial charge is 0.488 e.